The van der Waals surface area contributed by atoms with E-state index in [-0.39, 0.29) is 0 Å². The molecule has 0 heterocycles. The molecule has 0 atom stereocenters. The van der Waals surface area contributed by atoms with E-state index in [0.29, 0.717) is 35.0 Å². The second-order valence-electron chi connectivity index (χ2n) is 7.17. The number of benzene rings is 1. The summed E-state index contributed by atoms with van der Waals surface area (Å²) in [5.74, 6) is 0.652. The van der Waals surface area contributed by atoms with E-state index in [1.165, 1.54) is 18.4 Å². The van der Waals surface area contributed by atoms with Gasteiger partial charge in [-0.3, -0.25) is 9.89 Å². The average molecular weight is 398 g/mol. The molecule has 0 radical (unpaired) electrons. The summed E-state index contributed by atoms with van der Waals surface area (Å²) in [6.07, 6.45) is 0. The summed E-state index contributed by atoms with van der Waals surface area (Å²) < 4.78 is 26.2. The highest BCUT2D eigenvalue weighted by molar-refractivity contribution is 7.89. The Morgan fingerprint density at radius 2 is 1.67 bits per heavy atom. The standard InChI is InChI=1S/C19H35N5O2S/c1-15(2)24(16(3)4)13-12-21-19(20-5)22-14-17-10-8-9-11-18(17)27(25,26)23(6)7/h8-11,15-16H,12-14H2,1-7H3,(H2,20,21,22). The van der Waals surface area contributed by atoms with Gasteiger partial charge >= 0.3 is 0 Å². The fourth-order valence-electron chi connectivity index (χ4n) is 2.91. The largest absolute Gasteiger partial charge is 0.355 e. The second-order valence-corrected chi connectivity index (χ2v) is 9.29. The molecule has 0 aliphatic heterocycles. The van der Waals surface area contributed by atoms with E-state index in [0.717, 1.165) is 13.1 Å². The van der Waals surface area contributed by atoms with Crippen molar-refractivity contribution in [1.29, 1.82) is 0 Å². The van der Waals surface area contributed by atoms with Crippen molar-refractivity contribution in [2.24, 2.45) is 4.99 Å². The molecule has 2 N–H and O–H groups in total. The van der Waals surface area contributed by atoms with Gasteiger partial charge < -0.3 is 10.6 Å². The topological polar surface area (TPSA) is 77.0 Å². The maximum absolute atomic E-state index is 12.5. The molecule has 0 aliphatic carbocycles. The van der Waals surface area contributed by atoms with Crippen LogP contribution in [0.3, 0.4) is 0 Å². The van der Waals surface area contributed by atoms with E-state index in [1.54, 1.807) is 19.2 Å². The number of hydrogen-bond donors (Lipinski definition) is 2. The van der Waals surface area contributed by atoms with Crippen molar-refractivity contribution in [2.75, 3.05) is 34.2 Å². The molecular formula is C19H35N5O2S. The van der Waals surface area contributed by atoms with E-state index in [9.17, 15) is 8.42 Å². The average Bonchev–Trinajstić information content (AvgIpc) is 2.60. The zero-order valence-corrected chi connectivity index (χ0v) is 18.5. The van der Waals surface area contributed by atoms with Crippen LogP contribution in [0.25, 0.3) is 0 Å². The van der Waals surface area contributed by atoms with Gasteiger partial charge in [-0.25, -0.2) is 12.7 Å². The summed E-state index contributed by atoms with van der Waals surface area (Å²) in [6, 6.07) is 7.97. The lowest BCUT2D eigenvalue weighted by Gasteiger charge is -2.30. The van der Waals surface area contributed by atoms with Crippen LogP contribution < -0.4 is 10.6 Å². The van der Waals surface area contributed by atoms with Crippen LogP contribution in [0.5, 0.6) is 0 Å². The Kier molecular flexibility index (Phi) is 9.21. The summed E-state index contributed by atoms with van der Waals surface area (Å²) in [6.45, 7) is 10.8. The van der Waals surface area contributed by atoms with Crippen LogP contribution in [0.15, 0.2) is 34.2 Å². The molecule has 7 nitrogen and oxygen atoms in total. The van der Waals surface area contributed by atoms with Crippen LogP contribution in [0.2, 0.25) is 0 Å². The fourth-order valence-corrected chi connectivity index (χ4v) is 4.03. The van der Waals surface area contributed by atoms with Crippen LogP contribution in [0, 0.1) is 0 Å². The minimum atomic E-state index is -3.48. The lowest BCUT2D eigenvalue weighted by molar-refractivity contribution is 0.178. The second kappa shape index (κ2) is 10.6. The van der Waals surface area contributed by atoms with Gasteiger partial charge in [0, 0.05) is 52.9 Å². The van der Waals surface area contributed by atoms with Crippen molar-refractivity contribution >= 4 is 16.0 Å². The predicted molar refractivity (Wildman–Crippen MR) is 112 cm³/mol. The fraction of sp³-hybridized carbons (Fsp3) is 0.632. The van der Waals surface area contributed by atoms with Gasteiger partial charge in [0.2, 0.25) is 10.0 Å². The molecule has 27 heavy (non-hydrogen) atoms. The molecule has 0 saturated carbocycles. The molecular weight excluding hydrogens is 362 g/mol. The number of rotatable bonds is 9. The summed E-state index contributed by atoms with van der Waals surface area (Å²) >= 11 is 0. The number of hydrogen-bond acceptors (Lipinski definition) is 4. The Balaban J connectivity index is 2.72. The lowest BCUT2D eigenvalue weighted by atomic mass is 10.2. The monoisotopic (exact) mass is 397 g/mol. The van der Waals surface area contributed by atoms with Crippen molar-refractivity contribution in [3.05, 3.63) is 29.8 Å². The van der Waals surface area contributed by atoms with Gasteiger partial charge in [0.15, 0.2) is 5.96 Å². The molecule has 0 fully saturated rings. The Morgan fingerprint density at radius 1 is 1.07 bits per heavy atom. The Hall–Kier alpha value is -1.64. The van der Waals surface area contributed by atoms with E-state index in [4.69, 9.17) is 0 Å². The van der Waals surface area contributed by atoms with Crippen LogP contribution in [0.1, 0.15) is 33.3 Å². The maximum atomic E-state index is 12.5. The SMILES string of the molecule is CN=C(NCCN(C(C)C)C(C)C)NCc1ccccc1S(=O)(=O)N(C)C. The van der Waals surface area contributed by atoms with Gasteiger partial charge in [-0.1, -0.05) is 18.2 Å². The minimum Gasteiger partial charge on any atom is -0.355 e. The zero-order chi connectivity index (χ0) is 20.6. The number of aliphatic imine (C=N–C) groups is 1. The lowest BCUT2D eigenvalue weighted by Crippen LogP contribution is -2.45. The predicted octanol–water partition coefficient (Wildman–Crippen LogP) is 1.72. The highest BCUT2D eigenvalue weighted by Gasteiger charge is 2.20. The molecule has 0 spiro atoms. The van der Waals surface area contributed by atoms with Gasteiger partial charge in [-0.2, -0.15) is 0 Å². The number of guanidine groups is 1. The van der Waals surface area contributed by atoms with Crippen molar-refractivity contribution in [1.82, 2.24) is 19.8 Å². The highest BCUT2D eigenvalue weighted by Crippen LogP contribution is 2.18. The molecule has 1 rings (SSSR count). The first-order valence-electron chi connectivity index (χ1n) is 9.32. The van der Waals surface area contributed by atoms with Crippen LogP contribution in [-0.2, 0) is 16.6 Å². The molecule has 154 valence electrons. The van der Waals surface area contributed by atoms with Gasteiger partial charge in [-0.15, -0.1) is 0 Å². The normalized spacial score (nSPS) is 13.1. The van der Waals surface area contributed by atoms with Crippen molar-refractivity contribution in [2.45, 2.75) is 51.2 Å². The molecule has 0 unspecified atom stereocenters. The van der Waals surface area contributed by atoms with Crippen molar-refractivity contribution < 1.29 is 8.42 Å². The summed E-state index contributed by atoms with van der Waals surface area (Å²) in [4.78, 5) is 6.94. The first-order chi connectivity index (χ1) is 12.6. The zero-order valence-electron chi connectivity index (χ0n) is 17.7. The summed E-state index contributed by atoms with van der Waals surface area (Å²) in [5.41, 5.74) is 0.708. The molecule has 0 saturated heterocycles. The molecule has 8 heteroatoms. The van der Waals surface area contributed by atoms with Crippen molar-refractivity contribution in [3.63, 3.8) is 0 Å². The Labute approximate surface area is 164 Å². The quantitative estimate of drug-likeness (QED) is 0.490. The smallest absolute Gasteiger partial charge is 0.242 e. The minimum absolute atomic E-state index is 0.309. The third-order valence-corrected chi connectivity index (χ3v) is 6.31. The summed E-state index contributed by atoms with van der Waals surface area (Å²) in [7, 11) is 1.30. The third kappa shape index (κ3) is 6.79. The maximum Gasteiger partial charge on any atom is 0.242 e. The van der Waals surface area contributed by atoms with Crippen LogP contribution in [0.4, 0.5) is 0 Å². The van der Waals surface area contributed by atoms with Gasteiger partial charge in [0.1, 0.15) is 0 Å². The first kappa shape index (κ1) is 23.4. The van der Waals surface area contributed by atoms with Crippen LogP contribution >= 0.6 is 0 Å². The number of sulfonamides is 1. The van der Waals surface area contributed by atoms with Gasteiger partial charge in [0.25, 0.3) is 0 Å². The van der Waals surface area contributed by atoms with Crippen molar-refractivity contribution in [3.8, 4) is 0 Å². The van der Waals surface area contributed by atoms with E-state index >= 15 is 0 Å². The molecule has 0 aliphatic rings. The molecule has 0 aromatic heterocycles. The Bertz CT molecular complexity index is 707. The molecule has 0 amide bonds. The summed E-state index contributed by atoms with van der Waals surface area (Å²) in [5, 5.41) is 6.50. The van der Waals surface area contributed by atoms with E-state index < -0.39 is 10.0 Å². The van der Waals surface area contributed by atoms with Gasteiger partial charge in [0.05, 0.1) is 4.90 Å². The molecule has 1 aromatic rings. The van der Waals surface area contributed by atoms with Gasteiger partial charge in [-0.05, 0) is 39.3 Å². The van der Waals surface area contributed by atoms with E-state index in [2.05, 4.69) is 48.2 Å². The molecule has 1 aromatic carbocycles. The Morgan fingerprint density at radius 3 is 2.19 bits per heavy atom. The highest BCUT2D eigenvalue weighted by atomic mass is 32.2. The first-order valence-corrected chi connectivity index (χ1v) is 10.8. The number of nitrogens with zero attached hydrogens (tertiary/aromatic N) is 3. The van der Waals surface area contributed by atoms with E-state index in [1.807, 2.05) is 12.1 Å². The number of nitrogens with one attached hydrogen (secondary N) is 2. The third-order valence-electron chi connectivity index (χ3n) is 4.39. The molecule has 0 bridgehead atoms. The van der Waals surface area contributed by atoms with Crippen LogP contribution in [-0.4, -0.2) is 69.9 Å².